The predicted octanol–water partition coefficient (Wildman–Crippen LogP) is 4.71. The SMILES string of the molecule is CC(C)(C)CC(C)(C)c1cccc(CC(C)(C)O)c1. The van der Waals surface area contributed by atoms with Crippen LogP contribution in [0.1, 0.15) is 66.0 Å². The van der Waals surface area contributed by atoms with Crippen LogP contribution in [0.5, 0.6) is 0 Å². The average molecular weight is 262 g/mol. The summed E-state index contributed by atoms with van der Waals surface area (Å²) < 4.78 is 0. The van der Waals surface area contributed by atoms with Crippen LogP contribution in [0, 0.1) is 5.41 Å². The molecule has 0 aliphatic carbocycles. The van der Waals surface area contributed by atoms with Crippen molar-refractivity contribution in [3.05, 3.63) is 35.4 Å². The van der Waals surface area contributed by atoms with E-state index in [1.807, 2.05) is 13.8 Å². The second-order valence-electron chi connectivity index (χ2n) is 8.31. The van der Waals surface area contributed by atoms with Crippen LogP contribution in [0.4, 0.5) is 0 Å². The van der Waals surface area contributed by atoms with Crippen molar-refractivity contribution in [1.82, 2.24) is 0 Å². The summed E-state index contributed by atoms with van der Waals surface area (Å²) >= 11 is 0. The lowest BCUT2D eigenvalue weighted by Gasteiger charge is -2.33. The molecule has 1 aromatic carbocycles. The molecule has 1 aromatic rings. The van der Waals surface area contributed by atoms with Crippen LogP contribution in [0.2, 0.25) is 0 Å². The molecule has 0 unspecified atom stereocenters. The molecular formula is C18H30O. The van der Waals surface area contributed by atoms with Gasteiger partial charge in [-0.05, 0) is 42.2 Å². The second kappa shape index (κ2) is 5.28. The number of benzene rings is 1. The molecule has 0 heterocycles. The summed E-state index contributed by atoms with van der Waals surface area (Å²) in [7, 11) is 0. The van der Waals surface area contributed by atoms with Crippen LogP contribution in [0.15, 0.2) is 24.3 Å². The summed E-state index contributed by atoms with van der Waals surface area (Å²) in [5.74, 6) is 0. The minimum absolute atomic E-state index is 0.161. The number of aliphatic hydroxyl groups is 1. The van der Waals surface area contributed by atoms with Crippen molar-refractivity contribution in [2.45, 2.75) is 72.3 Å². The molecule has 0 amide bonds. The Morgan fingerprint density at radius 1 is 0.947 bits per heavy atom. The fraction of sp³-hybridized carbons (Fsp3) is 0.667. The van der Waals surface area contributed by atoms with E-state index in [1.54, 1.807) is 0 Å². The zero-order valence-electron chi connectivity index (χ0n) is 13.7. The van der Waals surface area contributed by atoms with Crippen molar-refractivity contribution in [2.75, 3.05) is 0 Å². The van der Waals surface area contributed by atoms with Gasteiger partial charge in [-0.1, -0.05) is 58.9 Å². The van der Waals surface area contributed by atoms with Crippen molar-refractivity contribution >= 4 is 0 Å². The molecule has 0 saturated carbocycles. The normalized spacial score (nSPS) is 13.7. The third-order valence-electron chi connectivity index (χ3n) is 3.32. The maximum Gasteiger partial charge on any atom is 0.0631 e. The van der Waals surface area contributed by atoms with Crippen LogP contribution in [-0.4, -0.2) is 10.7 Å². The highest BCUT2D eigenvalue weighted by molar-refractivity contribution is 5.30. The standard InChI is InChI=1S/C18H30O/c1-16(2,3)13-17(4,5)15-10-8-9-14(11-15)12-18(6,7)19/h8-11,19H,12-13H2,1-7H3. The summed E-state index contributed by atoms with van der Waals surface area (Å²) in [5, 5.41) is 9.95. The first kappa shape index (κ1) is 16.2. The molecule has 1 nitrogen and oxygen atoms in total. The van der Waals surface area contributed by atoms with Gasteiger partial charge < -0.3 is 5.11 Å². The first-order chi connectivity index (χ1) is 8.39. The molecule has 19 heavy (non-hydrogen) atoms. The second-order valence-corrected chi connectivity index (χ2v) is 8.31. The maximum atomic E-state index is 9.95. The third kappa shape index (κ3) is 5.78. The lowest BCUT2D eigenvalue weighted by molar-refractivity contribution is 0.0809. The fourth-order valence-electron chi connectivity index (χ4n) is 3.03. The Balaban J connectivity index is 2.98. The monoisotopic (exact) mass is 262 g/mol. The van der Waals surface area contributed by atoms with E-state index in [-0.39, 0.29) is 5.41 Å². The zero-order chi connectivity index (χ0) is 14.9. The highest BCUT2D eigenvalue weighted by atomic mass is 16.3. The van der Waals surface area contributed by atoms with E-state index in [2.05, 4.69) is 58.9 Å². The van der Waals surface area contributed by atoms with Gasteiger partial charge in [-0.25, -0.2) is 0 Å². The van der Waals surface area contributed by atoms with Crippen molar-refractivity contribution in [3.8, 4) is 0 Å². The van der Waals surface area contributed by atoms with E-state index in [0.717, 1.165) is 6.42 Å². The molecule has 1 rings (SSSR count). The highest BCUT2D eigenvalue weighted by Crippen LogP contribution is 2.36. The Kier molecular flexibility index (Phi) is 4.51. The summed E-state index contributed by atoms with van der Waals surface area (Å²) in [6.07, 6.45) is 1.85. The van der Waals surface area contributed by atoms with Gasteiger partial charge in [-0.2, -0.15) is 0 Å². The molecule has 1 heteroatoms. The first-order valence-electron chi connectivity index (χ1n) is 7.21. The van der Waals surface area contributed by atoms with Gasteiger partial charge in [-0.15, -0.1) is 0 Å². The van der Waals surface area contributed by atoms with Crippen molar-refractivity contribution in [3.63, 3.8) is 0 Å². The Morgan fingerprint density at radius 2 is 1.53 bits per heavy atom. The molecule has 0 spiro atoms. The minimum Gasteiger partial charge on any atom is -0.390 e. The predicted molar refractivity (Wildman–Crippen MR) is 83.5 cm³/mol. The number of rotatable bonds is 4. The summed E-state index contributed by atoms with van der Waals surface area (Å²) in [5.41, 5.74) is 2.41. The molecule has 0 aromatic heterocycles. The van der Waals surface area contributed by atoms with Crippen molar-refractivity contribution in [1.29, 1.82) is 0 Å². The average Bonchev–Trinajstić information content (AvgIpc) is 2.11. The zero-order valence-corrected chi connectivity index (χ0v) is 13.7. The molecule has 0 bridgehead atoms. The van der Waals surface area contributed by atoms with Gasteiger partial charge in [0, 0.05) is 6.42 Å². The molecule has 0 aliphatic rings. The van der Waals surface area contributed by atoms with Crippen molar-refractivity contribution < 1.29 is 5.11 Å². The Bertz CT molecular complexity index is 416. The quantitative estimate of drug-likeness (QED) is 0.833. The van der Waals surface area contributed by atoms with E-state index < -0.39 is 5.60 Å². The minimum atomic E-state index is -0.646. The largest absolute Gasteiger partial charge is 0.390 e. The van der Waals surface area contributed by atoms with Gasteiger partial charge in [0.1, 0.15) is 0 Å². The highest BCUT2D eigenvalue weighted by Gasteiger charge is 2.27. The lowest BCUT2D eigenvalue weighted by Crippen LogP contribution is -2.26. The Labute approximate surface area is 119 Å². The van der Waals surface area contributed by atoms with Crippen LogP contribution in [0.3, 0.4) is 0 Å². The fourth-order valence-corrected chi connectivity index (χ4v) is 3.03. The van der Waals surface area contributed by atoms with Gasteiger partial charge >= 0.3 is 0 Å². The summed E-state index contributed by atoms with van der Waals surface area (Å²) in [6, 6.07) is 8.68. The molecular weight excluding hydrogens is 232 g/mol. The molecule has 1 N–H and O–H groups in total. The van der Waals surface area contributed by atoms with Crippen molar-refractivity contribution in [2.24, 2.45) is 5.41 Å². The molecule has 0 radical (unpaired) electrons. The maximum absolute atomic E-state index is 9.95. The van der Waals surface area contributed by atoms with Crippen LogP contribution in [0.25, 0.3) is 0 Å². The first-order valence-corrected chi connectivity index (χ1v) is 7.21. The van der Waals surface area contributed by atoms with E-state index in [4.69, 9.17) is 0 Å². The molecule has 0 atom stereocenters. The molecule has 108 valence electrons. The van der Waals surface area contributed by atoms with Crippen LogP contribution >= 0.6 is 0 Å². The van der Waals surface area contributed by atoms with E-state index in [1.165, 1.54) is 11.1 Å². The van der Waals surface area contributed by atoms with Gasteiger partial charge in [-0.3, -0.25) is 0 Å². The smallest absolute Gasteiger partial charge is 0.0631 e. The van der Waals surface area contributed by atoms with E-state index in [9.17, 15) is 5.11 Å². The van der Waals surface area contributed by atoms with Gasteiger partial charge in [0.25, 0.3) is 0 Å². The topological polar surface area (TPSA) is 20.2 Å². The Hall–Kier alpha value is -0.820. The van der Waals surface area contributed by atoms with Gasteiger partial charge in [0.15, 0.2) is 0 Å². The number of hydrogen-bond acceptors (Lipinski definition) is 1. The van der Waals surface area contributed by atoms with Gasteiger partial charge in [0.05, 0.1) is 5.60 Å². The van der Waals surface area contributed by atoms with E-state index in [0.29, 0.717) is 11.8 Å². The lowest BCUT2D eigenvalue weighted by atomic mass is 9.72. The molecule has 0 saturated heterocycles. The number of hydrogen-bond donors (Lipinski definition) is 1. The molecule has 0 aliphatic heterocycles. The van der Waals surface area contributed by atoms with Crippen LogP contribution < -0.4 is 0 Å². The van der Waals surface area contributed by atoms with Gasteiger partial charge in [0.2, 0.25) is 0 Å². The molecule has 0 fully saturated rings. The van der Waals surface area contributed by atoms with E-state index >= 15 is 0 Å². The Morgan fingerprint density at radius 3 is 2.00 bits per heavy atom. The summed E-state index contributed by atoms with van der Waals surface area (Å²) in [6.45, 7) is 15.2. The third-order valence-corrected chi connectivity index (χ3v) is 3.32. The van der Waals surface area contributed by atoms with Crippen LogP contribution in [-0.2, 0) is 11.8 Å². The summed E-state index contributed by atoms with van der Waals surface area (Å²) in [4.78, 5) is 0.